The molecular weight excluding hydrogens is 304 g/mol. The summed E-state index contributed by atoms with van der Waals surface area (Å²) in [4.78, 5) is 23.8. The first-order valence-electron chi connectivity index (χ1n) is 6.22. The van der Waals surface area contributed by atoms with Crippen LogP contribution in [0.1, 0.15) is 25.0 Å². The van der Waals surface area contributed by atoms with E-state index < -0.39 is 16.0 Å². The lowest BCUT2D eigenvalue weighted by Gasteiger charge is -2.15. The molecular formula is C11H16N2O5S2. The predicted octanol–water partition coefficient (Wildman–Crippen LogP) is 0.620. The van der Waals surface area contributed by atoms with Crippen LogP contribution in [0.15, 0.2) is 9.00 Å². The number of aliphatic carboxylic acids is 1. The maximum atomic E-state index is 12.4. The van der Waals surface area contributed by atoms with Gasteiger partial charge in [0.2, 0.25) is 0 Å². The summed E-state index contributed by atoms with van der Waals surface area (Å²) in [5.74, 6) is -0.803. The third-order valence-electron chi connectivity index (χ3n) is 3.37. The number of rotatable bonds is 5. The normalized spacial score (nSPS) is 20.4. The van der Waals surface area contributed by atoms with E-state index in [1.807, 2.05) is 0 Å². The van der Waals surface area contributed by atoms with E-state index in [1.54, 1.807) is 6.92 Å². The summed E-state index contributed by atoms with van der Waals surface area (Å²) in [5.41, 5.74) is 0.356. The van der Waals surface area contributed by atoms with E-state index in [0.29, 0.717) is 43.0 Å². The van der Waals surface area contributed by atoms with Gasteiger partial charge in [0.25, 0.3) is 10.0 Å². The zero-order valence-corrected chi connectivity index (χ0v) is 12.6. The largest absolute Gasteiger partial charge is 0.481 e. The lowest BCUT2D eigenvalue weighted by Crippen LogP contribution is -2.28. The maximum absolute atomic E-state index is 12.4. The van der Waals surface area contributed by atoms with Gasteiger partial charge in [0.15, 0.2) is 4.21 Å². The van der Waals surface area contributed by atoms with Crippen molar-refractivity contribution >= 4 is 27.3 Å². The molecule has 0 saturated carbocycles. The average molecular weight is 320 g/mol. The second-order valence-electron chi connectivity index (χ2n) is 4.88. The number of hydrogen-bond acceptors (Lipinski definition) is 5. The van der Waals surface area contributed by atoms with Crippen molar-refractivity contribution in [2.45, 2.75) is 30.4 Å². The number of nitrogens with zero attached hydrogens (tertiary/aromatic N) is 1. The van der Waals surface area contributed by atoms with Gasteiger partial charge in [-0.25, -0.2) is 8.42 Å². The number of nitrogens with one attached hydrogen (secondary N) is 1. The number of carboxylic acid groups (broad SMARTS) is 1. The molecule has 2 N–H and O–H groups in total. The van der Waals surface area contributed by atoms with E-state index in [9.17, 15) is 18.0 Å². The van der Waals surface area contributed by atoms with Crippen LogP contribution < -0.4 is 4.87 Å². The van der Waals surface area contributed by atoms with Crippen LogP contribution in [0.3, 0.4) is 0 Å². The first-order chi connectivity index (χ1) is 9.30. The van der Waals surface area contributed by atoms with E-state index in [-0.39, 0.29) is 21.4 Å². The van der Waals surface area contributed by atoms with Crippen LogP contribution in [0, 0.1) is 12.8 Å². The van der Waals surface area contributed by atoms with Crippen LogP contribution in [-0.4, -0.2) is 41.9 Å². The third-order valence-corrected chi connectivity index (χ3v) is 6.82. The molecule has 0 amide bonds. The van der Waals surface area contributed by atoms with Crippen molar-refractivity contribution < 1.29 is 18.3 Å². The Bertz CT molecular complexity index is 661. The van der Waals surface area contributed by atoms with Crippen molar-refractivity contribution in [2.75, 3.05) is 13.1 Å². The molecule has 2 rings (SSSR count). The molecule has 1 aliphatic heterocycles. The molecule has 2 heterocycles. The van der Waals surface area contributed by atoms with Crippen molar-refractivity contribution in [3.8, 4) is 0 Å². The SMILES string of the molecule is Cc1[nH]c(=O)sc1S(=O)(=O)N1CCC(CCC(=O)O)C1. The average Bonchev–Trinajstić information content (AvgIpc) is 2.93. The van der Waals surface area contributed by atoms with Crippen molar-refractivity contribution in [2.24, 2.45) is 5.92 Å². The monoisotopic (exact) mass is 320 g/mol. The van der Waals surface area contributed by atoms with Gasteiger partial charge in [0, 0.05) is 25.2 Å². The molecule has 1 unspecified atom stereocenters. The number of carbonyl (C=O) groups is 1. The van der Waals surface area contributed by atoms with Gasteiger partial charge in [-0.15, -0.1) is 0 Å². The molecule has 1 aromatic heterocycles. The number of H-pyrrole nitrogens is 1. The fraction of sp³-hybridized carbons (Fsp3) is 0.636. The van der Waals surface area contributed by atoms with Crippen LogP contribution >= 0.6 is 11.3 Å². The van der Waals surface area contributed by atoms with Gasteiger partial charge in [-0.3, -0.25) is 9.59 Å². The Kier molecular flexibility index (Phi) is 4.31. The molecule has 1 atom stereocenters. The Balaban J connectivity index is 2.11. The van der Waals surface area contributed by atoms with Crippen LogP contribution in [0.4, 0.5) is 0 Å². The lowest BCUT2D eigenvalue weighted by molar-refractivity contribution is -0.137. The Morgan fingerprint density at radius 2 is 2.25 bits per heavy atom. The minimum atomic E-state index is -3.65. The molecule has 7 nitrogen and oxygen atoms in total. The molecule has 0 bridgehead atoms. The number of hydrogen-bond donors (Lipinski definition) is 2. The topological polar surface area (TPSA) is 108 Å². The number of aromatic amines is 1. The molecule has 0 aromatic carbocycles. The number of aromatic nitrogens is 1. The first kappa shape index (κ1) is 15.2. The molecule has 1 aromatic rings. The molecule has 20 heavy (non-hydrogen) atoms. The number of carboxylic acids is 1. The Morgan fingerprint density at radius 1 is 1.55 bits per heavy atom. The van der Waals surface area contributed by atoms with E-state index in [1.165, 1.54) is 4.31 Å². The summed E-state index contributed by atoms with van der Waals surface area (Å²) in [7, 11) is -3.65. The standard InChI is InChI=1S/C11H16N2O5S2/c1-7-10(19-11(16)12-7)20(17,18)13-5-4-8(6-13)2-3-9(14)15/h8H,2-6H2,1H3,(H,12,16)(H,14,15). The summed E-state index contributed by atoms with van der Waals surface area (Å²) < 4.78 is 26.2. The minimum absolute atomic E-state index is 0.0507. The first-order valence-corrected chi connectivity index (χ1v) is 8.48. The molecule has 1 fully saturated rings. The summed E-state index contributed by atoms with van der Waals surface area (Å²) in [6.07, 6.45) is 1.18. The van der Waals surface area contributed by atoms with Gasteiger partial charge in [-0.05, 0) is 25.7 Å². The van der Waals surface area contributed by atoms with Crippen molar-refractivity contribution in [1.82, 2.24) is 9.29 Å². The summed E-state index contributed by atoms with van der Waals surface area (Å²) in [6.45, 7) is 2.25. The van der Waals surface area contributed by atoms with Crippen molar-refractivity contribution in [3.63, 3.8) is 0 Å². The quantitative estimate of drug-likeness (QED) is 0.827. The van der Waals surface area contributed by atoms with Gasteiger partial charge >= 0.3 is 10.8 Å². The molecule has 1 aliphatic rings. The molecule has 0 aliphatic carbocycles. The summed E-state index contributed by atoms with van der Waals surface area (Å²) in [6, 6.07) is 0. The Labute approximate surface area is 120 Å². The highest BCUT2D eigenvalue weighted by Crippen LogP contribution is 2.28. The third kappa shape index (κ3) is 3.10. The molecule has 1 saturated heterocycles. The summed E-state index contributed by atoms with van der Waals surface area (Å²) >= 11 is 0.693. The molecule has 9 heteroatoms. The van der Waals surface area contributed by atoms with E-state index in [4.69, 9.17) is 5.11 Å². The van der Waals surface area contributed by atoms with Crippen molar-refractivity contribution in [3.05, 3.63) is 15.4 Å². The fourth-order valence-electron chi connectivity index (χ4n) is 2.33. The van der Waals surface area contributed by atoms with Crippen LogP contribution in [0.5, 0.6) is 0 Å². The van der Waals surface area contributed by atoms with Crippen LogP contribution in [-0.2, 0) is 14.8 Å². The Morgan fingerprint density at radius 3 is 2.80 bits per heavy atom. The van der Waals surface area contributed by atoms with E-state index >= 15 is 0 Å². The van der Waals surface area contributed by atoms with Gasteiger partial charge in [-0.1, -0.05) is 11.3 Å². The van der Waals surface area contributed by atoms with Gasteiger partial charge in [0.05, 0.1) is 0 Å². The zero-order valence-electron chi connectivity index (χ0n) is 11.0. The maximum Gasteiger partial charge on any atom is 0.305 e. The second kappa shape index (κ2) is 5.66. The highest BCUT2D eigenvalue weighted by atomic mass is 32.2. The lowest BCUT2D eigenvalue weighted by atomic mass is 10.0. The smallest absolute Gasteiger partial charge is 0.305 e. The van der Waals surface area contributed by atoms with E-state index in [2.05, 4.69) is 4.98 Å². The number of thiazole rings is 1. The molecule has 0 radical (unpaired) electrons. The second-order valence-corrected chi connectivity index (χ2v) is 7.99. The van der Waals surface area contributed by atoms with Gasteiger partial charge < -0.3 is 10.1 Å². The molecule has 112 valence electrons. The van der Waals surface area contributed by atoms with Gasteiger partial charge in [0.1, 0.15) is 0 Å². The van der Waals surface area contributed by atoms with Crippen molar-refractivity contribution in [1.29, 1.82) is 0 Å². The van der Waals surface area contributed by atoms with Gasteiger partial charge in [-0.2, -0.15) is 4.31 Å². The highest BCUT2D eigenvalue weighted by Gasteiger charge is 2.34. The van der Waals surface area contributed by atoms with E-state index in [0.717, 1.165) is 0 Å². The van der Waals surface area contributed by atoms with Crippen LogP contribution in [0.2, 0.25) is 0 Å². The number of sulfonamides is 1. The molecule has 0 spiro atoms. The number of aryl methyl sites for hydroxylation is 1. The highest BCUT2D eigenvalue weighted by molar-refractivity contribution is 7.91. The minimum Gasteiger partial charge on any atom is -0.481 e. The summed E-state index contributed by atoms with van der Waals surface area (Å²) in [5, 5.41) is 8.65. The zero-order chi connectivity index (χ0) is 14.9. The Hall–Kier alpha value is -1.19. The van der Waals surface area contributed by atoms with Crippen LogP contribution in [0.25, 0.3) is 0 Å². The predicted molar refractivity (Wildman–Crippen MR) is 73.4 cm³/mol. The fourth-order valence-corrected chi connectivity index (χ4v) is 5.30.